The number of hydrogen-bond donors (Lipinski definition) is 2. The van der Waals surface area contributed by atoms with Crippen LogP contribution in [0.1, 0.15) is 28.6 Å². The van der Waals surface area contributed by atoms with Gasteiger partial charge in [0.2, 0.25) is 0 Å². The van der Waals surface area contributed by atoms with E-state index in [1.54, 1.807) is 30.4 Å². The first-order valence-electron chi connectivity index (χ1n) is 12.9. The molecule has 7 nitrogen and oxygen atoms in total. The van der Waals surface area contributed by atoms with E-state index in [4.69, 9.17) is 0 Å². The zero-order valence-corrected chi connectivity index (χ0v) is 22.4. The molecule has 6 heterocycles. The van der Waals surface area contributed by atoms with E-state index in [0.717, 1.165) is 65.3 Å². The maximum absolute atomic E-state index is 13.7. The Morgan fingerprint density at radius 2 is 1.98 bits per heavy atom. The lowest BCUT2D eigenvalue weighted by atomic mass is 10.0. The number of aromatic nitrogens is 5. The van der Waals surface area contributed by atoms with Gasteiger partial charge in [-0.3, -0.25) is 19.8 Å². The van der Waals surface area contributed by atoms with Crippen molar-refractivity contribution in [1.29, 1.82) is 0 Å². The van der Waals surface area contributed by atoms with E-state index in [1.165, 1.54) is 11.3 Å². The number of pyridine rings is 2. The molecule has 1 aromatic carbocycles. The maximum atomic E-state index is 13.7. The molecule has 6 aromatic rings. The summed E-state index contributed by atoms with van der Waals surface area (Å²) >= 11 is 1.47. The zero-order chi connectivity index (χ0) is 27.4. The van der Waals surface area contributed by atoms with Crippen LogP contribution >= 0.6 is 11.3 Å². The van der Waals surface area contributed by atoms with E-state index in [0.29, 0.717) is 13.1 Å². The predicted octanol–water partition coefficient (Wildman–Crippen LogP) is 6.94. The fourth-order valence-corrected chi connectivity index (χ4v) is 6.31. The largest absolute Gasteiger partial charge is 0.338 e. The van der Waals surface area contributed by atoms with Crippen molar-refractivity contribution in [2.45, 2.75) is 25.8 Å². The molecular formula is C30H24F2N6OS. The monoisotopic (exact) mass is 554 g/mol. The van der Waals surface area contributed by atoms with Crippen LogP contribution < -0.4 is 0 Å². The summed E-state index contributed by atoms with van der Waals surface area (Å²) < 4.78 is 27.3. The normalized spacial score (nSPS) is 15.4. The van der Waals surface area contributed by atoms with Gasteiger partial charge in [0.25, 0.3) is 5.92 Å². The molecule has 0 amide bonds. The van der Waals surface area contributed by atoms with E-state index in [2.05, 4.69) is 31.2 Å². The number of ketones is 1. The third-order valence-electron chi connectivity index (χ3n) is 7.35. The Kier molecular flexibility index (Phi) is 5.83. The number of likely N-dealkylation sites (tertiary alicyclic amines) is 1. The van der Waals surface area contributed by atoms with Gasteiger partial charge in [0, 0.05) is 64.9 Å². The molecule has 0 bridgehead atoms. The van der Waals surface area contributed by atoms with Crippen molar-refractivity contribution < 1.29 is 13.6 Å². The van der Waals surface area contributed by atoms with Crippen molar-refractivity contribution in [1.82, 2.24) is 30.0 Å². The molecule has 1 saturated heterocycles. The van der Waals surface area contributed by atoms with Gasteiger partial charge in [0.15, 0.2) is 5.78 Å². The van der Waals surface area contributed by atoms with Gasteiger partial charge in [-0.2, -0.15) is 5.10 Å². The number of thiophene rings is 1. The van der Waals surface area contributed by atoms with Crippen LogP contribution in [0.5, 0.6) is 0 Å². The molecule has 10 heteroatoms. The SMILES string of the molecule is CC(=O)c1ccc(-c2ccnc3[nH]c(-c4n[nH]c5ccc(-c6cncc(CN7CCC(F)(F)C7)c6)cc45)cc23)s1. The van der Waals surface area contributed by atoms with E-state index in [1.807, 2.05) is 42.5 Å². The number of carbonyl (C=O) groups is 1. The minimum Gasteiger partial charge on any atom is -0.338 e. The number of benzene rings is 1. The summed E-state index contributed by atoms with van der Waals surface area (Å²) in [5.41, 5.74) is 6.99. The highest BCUT2D eigenvalue weighted by Gasteiger charge is 2.37. The number of aromatic amines is 2. The number of rotatable bonds is 6. The molecule has 0 aliphatic carbocycles. The number of carbonyl (C=O) groups excluding carboxylic acids is 1. The fraction of sp³-hybridized carbons (Fsp3) is 0.200. The van der Waals surface area contributed by atoms with E-state index in [-0.39, 0.29) is 18.7 Å². The summed E-state index contributed by atoms with van der Waals surface area (Å²) in [6.45, 7) is 2.18. The van der Waals surface area contributed by atoms with Crippen molar-refractivity contribution in [3.05, 3.63) is 77.6 Å². The van der Waals surface area contributed by atoms with Gasteiger partial charge in [-0.25, -0.2) is 13.8 Å². The molecule has 2 N–H and O–H groups in total. The summed E-state index contributed by atoms with van der Waals surface area (Å²) in [7, 11) is 0. The Balaban J connectivity index is 1.24. The number of Topliss-reactive ketones (excluding diaryl/α,β-unsaturated/α-hetero) is 1. The number of halogens is 2. The number of hydrogen-bond acceptors (Lipinski definition) is 6. The molecule has 200 valence electrons. The Morgan fingerprint density at radius 3 is 2.77 bits per heavy atom. The average molecular weight is 555 g/mol. The van der Waals surface area contributed by atoms with Crippen LogP contribution in [-0.2, 0) is 6.54 Å². The predicted molar refractivity (Wildman–Crippen MR) is 153 cm³/mol. The molecule has 5 aromatic heterocycles. The number of nitrogens with zero attached hydrogens (tertiary/aromatic N) is 4. The first-order chi connectivity index (χ1) is 19.3. The van der Waals surface area contributed by atoms with Crippen molar-refractivity contribution in [2.75, 3.05) is 13.1 Å². The number of H-pyrrole nitrogens is 2. The minimum atomic E-state index is -2.62. The number of nitrogens with one attached hydrogen (secondary N) is 2. The standard InChI is InChI=1S/C30H24F2N6OS/c1-17(39)26-4-5-27(40-26)21-6-8-34-29-22(21)12-25(35-29)28-23-11-19(2-3-24(23)36-37-28)20-10-18(13-33-14-20)15-38-9-7-30(31,32)16-38/h2-6,8,10-14H,7,9,15-16H2,1H3,(H,34,35)(H,36,37). The van der Waals surface area contributed by atoms with Crippen molar-refractivity contribution in [2.24, 2.45) is 0 Å². The van der Waals surface area contributed by atoms with Crippen molar-refractivity contribution in [3.8, 4) is 33.0 Å². The lowest BCUT2D eigenvalue weighted by Gasteiger charge is -2.15. The van der Waals surface area contributed by atoms with Gasteiger partial charge < -0.3 is 4.98 Å². The second-order valence-corrected chi connectivity index (χ2v) is 11.3. The van der Waals surface area contributed by atoms with Crippen LogP contribution in [0.25, 0.3) is 54.9 Å². The van der Waals surface area contributed by atoms with Gasteiger partial charge >= 0.3 is 0 Å². The molecule has 1 aliphatic rings. The smallest absolute Gasteiger partial charge is 0.261 e. The number of alkyl halides is 2. The van der Waals surface area contributed by atoms with Crippen molar-refractivity contribution in [3.63, 3.8) is 0 Å². The zero-order valence-electron chi connectivity index (χ0n) is 21.5. The Bertz CT molecular complexity index is 1900. The van der Waals surface area contributed by atoms with Crippen molar-refractivity contribution >= 4 is 39.1 Å². The molecule has 1 aliphatic heterocycles. The molecular weight excluding hydrogens is 530 g/mol. The van der Waals surface area contributed by atoms with Gasteiger partial charge in [0.05, 0.1) is 22.6 Å². The summed E-state index contributed by atoms with van der Waals surface area (Å²) in [6, 6.07) is 15.9. The molecule has 0 saturated carbocycles. The minimum absolute atomic E-state index is 0.0495. The molecule has 0 atom stereocenters. The lowest BCUT2D eigenvalue weighted by Crippen LogP contribution is -2.24. The van der Waals surface area contributed by atoms with Gasteiger partial charge in [-0.05, 0) is 60.5 Å². The highest BCUT2D eigenvalue weighted by molar-refractivity contribution is 7.17. The summed E-state index contributed by atoms with van der Waals surface area (Å²) in [6.07, 6.45) is 5.19. The number of fused-ring (bicyclic) bond motifs is 2. The van der Waals surface area contributed by atoms with Crippen LogP contribution in [0, 0.1) is 0 Å². The maximum Gasteiger partial charge on any atom is 0.261 e. The quantitative estimate of drug-likeness (QED) is 0.218. The van der Waals surface area contributed by atoms with Crippen LogP contribution in [0.3, 0.4) is 0 Å². The molecule has 0 radical (unpaired) electrons. The second kappa shape index (κ2) is 9.42. The average Bonchev–Trinajstić information content (AvgIpc) is 3.73. The Morgan fingerprint density at radius 1 is 1.07 bits per heavy atom. The highest BCUT2D eigenvalue weighted by atomic mass is 32.1. The van der Waals surface area contributed by atoms with Crippen LogP contribution in [0.4, 0.5) is 8.78 Å². The third-order valence-corrected chi connectivity index (χ3v) is 8.57. The van der Waals surface area contributed by atoms with Crippen LogP contribution in [-0.4, -0.2) is 54.8 Å². The van der Waals surface area contributed by atoms with E-state index < -0.39 is 5.92 Å². The van der Waals surface area contributed by atoms with E-state index >= 15 is 0 Å². The third kappa shape index (κ3) is 4.48. The summed E-state index contributed by atoms with van der Waals surface area (Å²) in [5, 5.41) is 9.61. The van der Waals surface area contributed by atoms with Crippen LogP contribution in [0.2, 0.25) is 0 Å². The second-order valence-electron chi connectivity index (χ2n) is 10.3. The summed E-state index contributed by atoms with van der Waals surface area (Å²) in [5.74, 6) is -2.57. The highest BCUT2D eigenvalue weighted by Crippen LogP contribution is 2.37. The molecule has 0 spiro atoms. The van der Waals surface area contributed by atoms with Gasteiger partial charge in [0.1, 0.15) is 11.3 Å². The first-order valence-corrected chi connectivity index (χ1v) is 13.8. The Hall–Kier alpha value is -4.28. The Labute approximate surface area is 231 Å². The topological polar surface area (TPSA) is 90.6 Å². The molecule has 7 rings (SSSR count). The fourth-order valence-electron chi connectivity index (χ4n) is 5.37. The molecule has 0 unspecified atom stereocenters. The lowest BCUT2D eigenvalue weighted by molar-refractivity contribution is 0.0115. The van der Waals surface area contributed by atoms with Crippen LogP contribution in [0.15, 0.2) is 67.1 Å². The summed E-state index contributed by atoms with van der Waals surface area (Å²) in [4.78, 5) is 27.7. The van der Waals surface area contributed by atoms with Gasteiger partial charge in [-0.1, -0.05) is 6.07 Å². The molecule has 1 fully saturated rings. The first kappa shape index (κ1) is 24.7. The van der Waals surface area contributed by atoms with Gasteiger partial charge in [-0.15, -0.1) is 11.3 Å². The molecule has 40 heavy (non-hydrogen) atoms. The van der Waals surface area contributed by atoms with E-state index in [9.17, 15) is 13.6 Å².